The summed E-state index contributed by atoms with van der Waals surface area (Å²) < 4.78 is 0. The Kier molecular flexibility index (Phi) is 5.78. The standard InChI is InChI=1S/C22H13ClN4O7/c23-14-10-8-13(9-11-14)12-24(20(28)15-4-1-2-6-17(15)26(31)32)25-21(29)16-5-3-7-18(27(33)34)19(16)22(25)30/h1-11H,12H2. The number of carbonyl (C=O) groups excluding carboxylic acids is 3. The molecular weight excluding hydrogens is 468 g/mol. The summed E-state index contributed by atoms with van der Waals surface area (Å²) in [5, 5.41) is 24.5. The number of carbonyl (C=O) groups is 3. The van der Waals surface area contributed by atoms with Crippen LogP contribution in [0.15, 0.2) is 66.7 Å². The number of hydrogen-bond acceptors (Lipinski definition) is 7. The highest BCUT2D eigenvalue weighted by Crippen LogP contribution is 2.33. The van der Waals surface area contributed by atoms with Gasteiger partial charge < -0.3 is 0 Å². The van der Waals surface area contributed by atoms with Gasteiger partial charge in [0.05, 0.1) is 22.0 Å². The van der Waals surface area contributed by atoms with Gasteiger partial charge in [0.2, 0.25) is 0 Å². The Labute approximate surface area is 196 Å². The van der Waals surface area contributed by atoms with Gasteiger partial charge >= 0.3 is 0 Å². The van der Waals surface area contributed by atoms with E-state index in [4.69, 9.17) is 11.6 Å². The van der Waals surface area contributed by atoms with E-state index >= 15 is 0 Å². The first kappa shape index (κ1) is 22.6. The van der Waals surface area contributed by atoms with Crippen LogP contribution in [-0.2, 0) is 6.54 Å². The molecule has 11 nitrogen and oxygen atoms in total. The van der Waals surface area contributed by atoms with Gasteiger partial charge in [0.1, 0.15) is 11.1 Å². The normalized spacial score (nSPS) is 12.4. The van der Waals surface area contributed by atoms with E-state index < -0.39 is 44.5 Å². The Bertz CT molecular complexity index is 1370. The lowest BCUT2D eigenvalue weighted by atomic mass is 10.1. The first-order valence-electron chi connectivity index (χ1n) is 9.66. The molecule has 0 N–H and O–H groups in total. The van der Waals surface area contributed by atoms with Crippen molar-refractivity contribution >= 4 is 40.7 Å². The average Bonchev–Trinajstić information content (AvgIpc) is 3.08. The van der Waals surface area contributed by atoms with Gasteiger partial charge in [-0.05, 0) is 29.8 Å². The zero-order valence-corrected chi connectivity index (χ0v) is 17.8. The predicted molar refractivity (Wildman–Crippen MR) is 118 cm³/mol. The fraction of sp³-hybridized carbons (Fsp3) is 0.0455. The lowest BCUT2D eigenvalue weighted by molar-refractivity contribution is -0.385. The van der Waals surface area contributed by atoms with Crippen LogP contribution >= 0.6 is 11.6 Å². The molecule has 0 aromatic heterocycles. The number of nitro benzene ring substituents is 2. The van der Waals surface area contributed by atoms with Crippen molar-refractivity contribution in [3.63, 3.8) is 0 Å². The van der Waals surface area contributed by atoms with Crippen molar-refractivity contribution in [2.24, 2.45) is 0 Å². The number of rotatable bonds is 6. The average molecular weight is 481 g/mol. The van der Waals surface area contributed by atoms with E-state index in [1.807, 2.05) is 0 Å². The minimum absolute atomic E-state index is 0.254. The van der Waals surface area contributed by atoms with Crippen molar-refractivity contribution in [1.82, 2.24) is 10.0 Å². The Morgan fingerprint density at radius 1 is 0.853 bits per heavy atom. The number of nitrogens with zero attached hydrogens (tertiary/aromatic N) is 4. The van der Waals surface area contributed by atoms with Crippen molar-refractivity contribution in [3.05, 3.63) is 114 Å². The van der Waals surface area contributed by atoms with Gasteiger partial charge in [-0.2, -0.15) is 5.01 Å². The van der Waals surface area contributed by atoms with E-state index in [0.717, 1.165) is 17.1 Å². The summed E-state index contributed by atoms with van der Waals surface area (Å²) >= 11 is 5.91. The third-order valence-corrected chi connectivity index (χ3v) is 5.37. The highest BCUT2D eigenvalue weighted by molar-refractivity contribution is 6.30. The number of halogens is 1. The molecule has 0 unspecified atom stereocenters. The van der Waals surface area contributed by atoms with Gasteiger partial charge in [0.25, 0.3) is 29.1 Å². The molecule has 4 rings (SSSR count). The van der Waals surface area contributed by atoms with Crippen LogP contribution in [0, 0.1) is 20.2 Å². The number of nitro groups is 2. The van der Waals surface area contributed by atoms with Crippen LogP contribution in [0.1, 0.15) is 36.6 Å². The molecule has 0 atom stereocenters. The van der Waals surface area contributed by atoms with E-state index in [1.54, 1.807) is 12.1 Å². The van der Waals surface area contributed by atoms with Gasteiger partial charge in [-0.1, -0.05) is 41.9 Å². The van der Waals surface area contributed by atoms with Crippen LogP contribution in [-0.4, -0.2) is 37.6 Å². The summed E-state index contributed by atoms with van der Waals surface area (Å²) in [4.78, 5) is 61.3. The minimum Gasteiger partial charge on any atom is -0.267 e. The molecule has 1 heterocycles. The Balaban J connectivity index is 1.84. The SMILES string of the molecule is O=C(c1ccccc1[N+](=O)[O-])N(Cc1ccc(Cl)cc1)N1C(=O)c2cccc([N+](=O)[O-])c2C1=O. The molecule has 3 amide bonds. The fourth-order valence-corrected chi connectivity index (χ4v) is 3.70. The molecule has 34 heavy (non-hydrogen) atoms. The van der Waals surface area contributed by atoms with Crippen molar-refractivity contribution < 1.29 is 24.2 Å². The summed E-state index contributed by atoms with van der Waals surface area (Å²) in [6.45, 7) is -0.346. The van der Waals surface area contributed by atoms with Crippen LogP contribution < -0.4 is 0 Å². The summed E-state index contributed by atoms with van der Waals surface area (Å²) in [5.41, 5.74) is -1.77. The molecule has 0 saturated carbocycles. The zero-order chi connectivity index (χ0) is 24.6. The smallest absolute Gasteiger partial charge is 0.267 e. The molecule has 0 bridgehead atoms. The predicted octanol–water partition coefficient (Wildman–Crippen LogP) is 4.01. The molecule has 3 aromatic rings. The number of fused-ring (bicyclic) bond motifs is 1. The highest BCUT2D eigenvalue weighted by Gasteiger charge is 2.46. The Hall–Kier alpha value is -4.64. The summed E-state index contributed by atoms with van der Waals surface area (Å²) in [7, 11) is 0. The molecule has 1 aliphatic rings. The van der Waals surface area contributed by atoms with E-state index in [0.29, 0.717) is 15.6 Å². The summed E-state index contributed by atoms with van der Waals surface area (Å²) in [5.74, 6) is -3.07. The number of hydrogen-bond donors (Lipinski definition) is 0. The largest absolute Gasteiger partial charge is 0.287 e. The first-order valence-corrected chi connectivity index (χ1v) is 10.0. The molecule has 0 fully saturated rings. The Morgan fingerprint density at radius 2 is 1.47 bits per heavy atom. The second kappa shape index (κ2) is 8.71. The van der Waals surface area contributed by atoms with Gasteiger partial charge in [0.15, 0.2) is 0 Å². The fourth-order valence-electron chi connectivity index (χ4n) is 3.58. The van der Waals surface area contributed by atoms with E-state index in [-0.39, 0.29) is 17.7 Å². The van der Waals surface area contributed by atoms with Crippen molar-refractivity contribution in [2.45, 2.75) is 6.54 Å². The molecule has 170 valence electrons. The number of hydrazine groups is 1. The van der Waals surface area contributed by atoms with Crippen LogP contribution in [0.3, 0.4) is 0 Å². The summed E-state index contributed by atoms with van der Waals surface area (Å²) in [6, 6.07) is 14.8. The monoisotopic (exact) mass is 480 g/mol. The zero-order valence-electron chi connectivity index (χ0n) is 17.1. The number of amides is 3. The number of imide groups is 1. The van der Waals surface area contributed by atoms with Gasteiger partial charge in [0, 0.05) is 17.2 Å². The molecule has 12 heteroatoms. The minimum atomic E-state index is -1.09. The number of para-hydroxylation sites is 1. The van der Waals surface area contributed by atoms with Crippen molar-refractivity contribution in [3.8, 4) is 0 Å². The quantitative estimate of drug-likeness (QED) is 0.294. The van der Waals surface area contributed by atoms with Crippen LogP contribution in [0.25, 0.3) is 0 Å². The topological polar surface area (TPSA) is 144 Å². The van der Waals surface area contributed by atoms with Crippen molar-refractivity contribution in [2.75, 3.05) is 0 Å². The number of benzene rings is 3. The molecule has 0 spiro atoms. The van der Waals surface area contributed by atoms with E-state index in [2.05, 4.69) is 0 Å². The maximum atomic E-state index is 13.5. The van der Waals surface area contributed by atoms with Crippen LogP contribution in [0.2, 0.25) is 5.02 Å². The maximum Gasteiger partial charge on any atom is 0.287 e. The first-order chi connectivity index (χ1) is 16.2. The second-order valence-electron chi connectivity index (χ2n) is 7.14. The van der Waals surface area contributed by atoms with Gasteiger partial charge in [-0.15, -0.1) is 0 Å². The van der Waals surface area contributed by atoms with Gasteiger partial charge in [-0.25, -0.2) is 5.01 Å². The highest BCUT2D eigenvalue weighted by atomic mass is 35.5. The Morgan fingerprint density at radius 3 is 2.12 bits per heavy atom. The van der Waals surface area contributed by atoms with E-state index in [9.17, 15) is 34.6 Å². The van der Waals surface area contributed by atoms with Crippen molar-refractivity contribution in [1.29, 1.82) is 0 Å². The van der Waals surface area contributed by atoms with Crippen LogP contribution in [0.4, 0.5) is 11.4 Å². The van der Waals surface area contributed by atoms with Crippen LogP contribution in [0.5, 0.6) is 0 Å². The molecule has 0 saturated heterocycles. The molecular formula is C22H13ClN4O7. The lowest BCUT2D eigenvalue weighted by Crippen LogP contribution is -2.49. The molecule has 0 aliphatic carbocycles. The third-order valence-electron chi connectivity index (χ3n) is 5.12. The second-order valence-corrected chi connectivity index (χ2v) is 7.58. The summed E-state index contributed by atoms with van der Waals surface area (Å²) in [6.07, 6.45) is 0. The molecule has 1 aliphatic heterocycles. The maximum absolute atomic E-state index is 13.5. The lowest BCUT2D eigenvalue weighted by Gasteiger charge is -2.30. The van der Waals surface area contributed by atoms with E-state index in [1.165, 1.54) is 42.5 Å². The molecule has 0 radical (unpaired) electrons. The third kappa shape index (κ3) is 3.84. The van der Waals surface area contributed by atoms with Gasteiger partial charge in [-0.3, -0.25) is 34.6 Å². The molecule has 3 aromatic carbocycles.